The molecule has 0 unspecified atom stereocenters. The van der Waals surface area contributed by atoms with Crippen LogP contribution in [0.25, 0.3) is 0 Å². The molecule has 0 aromatic carbocycles. The van der Waals surface area contributed by atoms with E-state index in [-0.39, 0.29) is 0 Å². The average molecular weight is 139 g/mol. The van der Waals surface area contributed by atoms with E-state index < -0.39 is 0 Å². The lowest BCUT2D eigenvalue weighted by molar-refractivity contribution is 0.685. The molecule has 0 atom stereocenters. The lowest BCUT2D eigenvalue weighted by Crippen LogP contribution is -2.08. The number of rotatable bonds is 3. The Morgan fingerprint density at radius 2 is 2.50 bits per heavy atom. The lowest BCUT2D eigenvalue weighted by Gasteiger charge is -2.04. The maximum Gasteiger partial charge on any atom is 0.200 e. The van der Waals surface area contributed by atoms with Gasteiger partial charge >= 0.3 is 0 Å². The van der Waals surface area contributed by atoms with Gasteiger partial charge in [0.25, 0.3) is 0 Å². The van der Waals surface area contributed by atoms with Gasteiger partial charge in [-0.2, -0.15) is 0 Å². The summed E-state index contributed by atoms with van der Waals surface area (Å²) in [5.74, 6) is 1.51. The first-order chi connectivity index (χ1) is 4.79. The Bertz CT molecular complexity index is 167. The van der Waals surface area contributed by atoms with Crippen LogP contribution in [0.4, 0.5) is 5.95 Å². The smallest absolute Gasteiger partial charge is 0.200 e. The molecule has 0 aliphatic carbocycles. The van der Waals surface area contributed by atoms with Crippen LogP contribution in [0.5, 0.6) is 0 Å². The Balaban J connectivity index is 2.28. The molecule has 0 aliphatic rings. The highest BCUT2D eigenvalue weighted by molar-refractivity contribution is 5.22. The van der Waals surface area contributed by atoms with Crippen molar-refractivity contribution in [2.75, 3.05) is 11.9 Å². The van der Waals surface area contributed by atoms with Gasteiger partial charge in [-0.05, 0) is 5.92 Å². The van der Waals surface area contributed by atoms with Crippen molar-refractivity contribution < 1.29 is 0 Å². The van der Waals surface area contributed by atoms with E-state index in [2.05, 4.69) is 29.1 Å². The van der Waals surface area contributed by atoms with Crippen molar-refractivity contribution in [3.63, 3.8) is 0 Å². The van der Waals surface area contributed by atoms with Crippen LogP contribution >= 0.6 is 0 Å². The summed E-state index contributed by atoms with van der Waals surface area (Å²) in [4.78, 5) is 6.99. The summed E-state index contributed by atoms with van der Waals surface area (Å²) < 4.78 is 0. The molecule has 3 heteroatoms. The molecule has 1 aromatic rings. The van der Waals surface area contributed by atoms with E-state index in [0.717, 1.165) is 12.5 Å². The second-order valence-corrected chi connectivity index (χ2v) is 2.71. The van der Waals surface area contributed by atoms with E-state index in [4.69, 9.17) is 0 Å². The summed E-state index contributed by atoms with van der Waals surface area (Å²) in [6.45, 7) is 5.29. The van der Waals surface area contributed by atoms with Crippen molar-refractivity contribution >= 4 is 5.95 Å². The molecular weight excluding hydrogens is 126 g/mol. The van der Waals surface area contributed by atoms with Gasteiger partial charge in [0.1, 0.15) is 0 Å². The SMILES string of the molecule is CC(C)CNc1ncc[nH]1. The number of anilines is 1. The fourth-order valence-electron chi connectivity index (χ4n) is 0.663. The molecule has 1 rings (SSSR count). The molecule has 56 valence electrons. The Morgan fingerprint density at radius 1 is 1.70 bits per heavy atom. The summed E-state index contributed by atoms with van der Waals surface area (Å²) >= 11 is 0. The number of H-pyrrole nitrogens is 1. The number of aromatic nitrogens is 2. The minimum absolute atomic E-state index is 0.657. The van der Waals surface area contributed by atoms with E-state index in [1.165, 1.54) is 0 Å². The average Bonchev–Trinajstić information content (AvgIpc) is 2.34. The first kappa shape index (κ1) is 7.12. The molecule has 0 aliphatic heterocycles. The van der Waals surface area contributed by atoms with Crippen molar-refractivity contribution in [1.82, 2.24) is 9.97 Å². The van der Waals surface area contributed by atoms with E-state index in [0.29, 0.717) is 5.92 Å². The summed E-state index contributed by atoms with van der Waals surface area (Å²) in [7, 11) is 0. The minimum atomic E-state index is 0.657. The highest BCUT2D eigenvalue weighted by Crippen LogP contribution is 1.97. The Kier molecular flexibility index (Phi) is 2.31. The third-order valence-electron chi connectivity index (χ3n) is 1.18. The maximum absolute atomic E-state index is 4.02. The van der Waals surface area contributed by atoms with E-state index in [1.807, 2.05) is 6.20 Å². The third-order valence-corrected chi connectivity index (χ3v) is 1.18. The van der Waals surface area contributed by atoms with Gasteiger partial charge in [-0.1, -0.05) is 13.8 Å². The van der Waals surface area contributed by atoms with Crippen LogP contribution in [-0.2, 0) is 0 Å². The van der Waals surface area contributed by atoms with Crippen LogP contribution < -0.4 is 5.32 Å². The number of nitrogens with zero attached hydrogens (tertiary/aromatic N) is 1. The maximum atomic E-state index is 4.02. The molecule has 0 spiro atoms. The summed E-state index contributed by atoms with van der Waals surface area (Å²) in [6.07, 6.45) is 3.55. The molecule has 2 N–H and O–H groups in total. The molecule has 0 saturated heterocycles. The molecule has 0 radical (unpaired) electrons. The van der Waals surface area contributed by atoms with Gasteiger partial charge in [0.15, 0.2) is 5.95 Å². The quantitative estimate of drug-likeness (QED) is 0.666. The Hall–Kier alpha value is -0.990. The predicted octanol–water partition coefficient (Wildman–Crippen LogP) is 1.48. The van der Waals surface area contributed by atoms with Crippen molar-refractivity contribution in [2.24, 2.45) is 5.92 Å². The number of hydrogen-bond acceptors (Lipinski definition) is 2. The second kappa shape index (κ2) is 3.25. The highest BCUT2D eigenvalue weighted by atomic mass is 15.1. The molecule has 0 amide bonds. The van der Waals surface area contributed by atoms with Crippen LogP contribution in [0, 0.1) is 5.92 Å². The van der Waals surface area contributed by atoms with Gasteiger partial charge in [-0.3, -0.25) is 0 Å². The van der Waals surface area contributed by atoms with Gasteiger partial charge in [0.2, 0.25) is 0 Å². The third kappa shape index (κ3) is 2.09. The van der Waals surface area contributed by atoms with Crippen molar-refractivity contribution in [2.45, 2.75) is 13.8 Å². The summed E-state index contributed by atoms with van der Waals surface area (Å²) in [5, 5.41) is 3.16. The first-order valence-electron chi connectivity index (χ1n) is 3.52. The molecule has 3 nitrogen and oxygen atoms in total. The number of nitrogens with one attached hydrogen (secondary N) is 2. The zero-order valence-corrected chi connectivity index (χ0v) is 6.39. The van der Waals surface area contributed by atoms with Gasteiger partial charge in [0.05, 0.1) is 0 Å². The predicted molar refractivity (Wildman–Crippen MR) is 41.9 cm³/mol. The number of imidazole rings is 1. The zero-order valence-electron chi connectivity index (χ0n) is 6.39. The summed E-state index contributed by atoms with van der Waals surface area (Å²) in [5.41, 5.74) is 0. The van der Waals surface area contributed by atoms with Crippen LogP contribution in [0.3, 0.4) is 0 Å². The van der Waals surface area contributed by atoms with Crippen molar-refractivity contribution in [1.29, 1.82) is 0 Å². The topological polar surface area (TPSA) is 40.7 Å². The van der Waals surface area contributed by atoms with Crippen molar-refractivity contribution in [3.8, 4) is 0 Å². The Morgan fingerprint density at radius 3 is 3.00 bits per heavy atom. The van der Waals surface area contributed by atoms with E-state index >= 15 is 0 Å². The standard InChI is InChI=1S/C7H13N3/c1-6(2)5-10-7-8-3-4-9-7/h3-4,6H,5H2,1-2H3,(H2,8,9,10). The number of aromatic amines is 1. The van der Waals surface area contributed by atoms with Gasteiger partial charge in [-0.15, -0.1) is 0 Å². The molecule has 0 bridgehead atoms. The zero-order chi connectivity index (χ0) is 7.40. The van der Waals surface area contributed by atoms with Gasteiger partial charge in [0, 0.05) is 18.9 Å². The van der Waals surface area contributed by atoms with E-state index in [1.54, 1.807) is 6.20 Å². The minimum Gasteiger partial charge on any atom is -0.356 e. The number of hydrogen-bond donors (Lipinski definition) is 2. The monoisotopic (exact) mass is 139 g/mol. The van der Waals surface area contributed by atoms with Crippen molar-refractivity contribution in [3.05, 3.63) is 12.4 Å². The molecule has 1 aromatic heterocycles. The fourth-order valence-corrected chi connectivity index (χ4v) is 0.663. The van der Waals surface area contributed by atoms with Crippen LogP contribution in [-0.4, -0.2) is 16.5 Å². The second-order valence-electron chi connectivity index (χ2n) is 2.71. The summed E-state index contributed by atoms with van der Waals surface area (Å²) in [6, 6.07) is 0. The molecule has 10 heavy (non-hydrogen) atoms. The molecular formula is C7H13N3. The molecule has 1 heterocycles. The molecule has 0 fully saturated rings. The largest absolute Gasteiger partial charge is 0.356 e. The molecule has 0 saturated carbocycles. The lowest BCUT2D eigenvalue weighted by atomic mass is 10.2. The fraction of sp³-hybridized carbons (Fsp3) is 0.571. The van der Waals surface area contributed by atoms with Crippen LogP contribution in [0.2, 0.25) is 0 Å². The normalized spacial score (nSPS) is 10.3. The van der Waals surface area contributed by atoms with Gasteiger partial charge in [-0.25, -0.2) is 4.98 Å². The van der Waals surface area contributed by atoms with E-state index in [9.17, 15) is 0 Å². The first-order valence-corrected chi connectivity index (χ1v) is 3.52. The Labute approximate surface area is 60.9 Å². The van der Waals surface area contributed by atoms with Gasteiger partial charge < -0.3 is 10.3 Å². The van der Waals surface area contributed by atoms with Crippen LogP contribution in [0.1, 0.15) is 13.8 Å². The van der Waals surface area contributed by atoms with Crippen LogP contribution in [0.15, 0.2) is 12.4 Å². The highest BCUT2D eigenvalue weighted by Gasteiger charge is 1.94.